The van der Waals surface area contributed by atoms with E-state index in [1.54, 1.807) is 5.10 Å². The van der Waals surface area contributed by atoms with Crippen LogP contribution >= 0.6 is 12.2 Å². The summed E-state index contributed by atoms with van der Waals surface area (Å²) in [6.45, 7) is -2.06. The van der Waals surface area contributed by atoms with Crippen LogP contribution in [0.2, 0.25) is 0 Å². The third kappa shape index (κ3) is 3.91. The molecule has 0 aliphatic rings. The summed E-state index contributed by atoms with van der Waals surface area (Å²) in [5.74, 6) is -0.862. The zero-order valence-electron chi connectivity index (χ0n) is 9.39. The normalized spacial score (nSPS) is 13.4. The van der Waals surface area contributed by atoms with Crippen LogP contribution in [0.3, 0.4) is 0 Å². The predicted molar refractivity (Wildman–Crippen MR) is 58.6 cm³/mol. The molecule has 1 rings (SSSR count). The van der Waals surface area contributed by atoms with Gasteiger partial charge < -0.3 is 15.8 Å². The molecule has 1 aromatic heterocycles. The highest BCUT2D eigenvalue weighted by Gasteiger charge is 2.40. The van der Waals surface area contributed by atoms with Gasteiger partial charge in [-0.3, -0.25) is 5.10 Å². The summed E-state index contributed by atoms with van der Waals surface area (Å²) in [6, 6.07) is -1.11. The second-order valence-electron chi connectivity index (χ2n) is 3.42. The lowest BCUT2D eigenvalue weighted by Crippen LogP contribution is -2.32. The lowest BCUT2D eigenvalue weighted by molar-refractivity contribution is -0.142. The molecule has 4 N–H and O–H groups in total. The molecular formula is C8H9F5N4OS. The number of nitrogens with one attached hydrogen (secondary N) is 2. The van der Waals surface area contributed by atoms with Gasteiger partial charge >= 0.3 is 12.8 Å². The molecule has 108 valence electrons. The maximum atomic E-state index is 12.7. The monoisotopic (exact) mass is 304 g/mol. The third-order valence-electron chi connectivity index (χ3n) is 2.04. The number of nitrogens with two attached hydrogens (primary N) is 1. The van der Waals surface area contributed by atoms with Crippen LogP contribution in [0, 0.1) is 0 Å². The number of hydrogen-bond acceptors (Lipinski definition) is 3. The molecule has 0 aromatic carbocycles. The standard InChI is InChI=1S/C8H9F5N4OS/c1-2(15-7(14)19)3-4(8(11,12)13)16-17-5(3)18-6(9)10/h2,6H,1H3,(H,16,17)(H3,14,15,19). The fourth-order valence-electron chi connectivity index (χ4n) is 1.41. The lowest BCUT2D eigenvalue weighted by Gasteiger charge is -2.16. The van der Waals surface area contributed by atoms with Crippen LogP contribution in [0.5, 0.6) is 5.88 Å². The number of ether oxygens (including phenoxy) is 1. The predicted octanol–water partition coefficient (Wildman–Crippen LogP) is 1.92. The van der Waals surface area contributed by atoms with Gasteiger partial charge in [-0.15, -0.1) is 5.10 Å². The van der Waals surface area contributed by atoms with Crippen LogP contribution in [0.4, 0.5) is 22.0 Å². The van der Waals surface area contributed by atoms with Crippen molar-refractivity contribution < 1.29 is 26.7 Å². The van der Waals surface area contributed by atoms with Crippen molar-refractivity contribution in [3.05, 3.63) is 11.3 Å². The molecule has 0 saturated carbocycles. The van der Waals surface area contributed by atoms with Crippen LogP contribution in [-0.2, 0) is 6.18 Å². The Bertz CT molecular complexity index is 460. The summed E-state index contributed by atoms with van der Waals surface area (Å²) in [5, 5.41) is 6.70. The van der Waals surface area contributed by atoms with Crippen molar-refractivity contribution in [1.82, 2.24) is 15.5 Å². The molecule has 0 saturated heterocycles. The smallest absolute Gasteiger partial charge is 0.415 e. The largest absolute Gasteiger partial charge is 0.433 e. The molecule has 0 aliphatic heterocycles. The van der Waals surface area contributed by atoms with E-state index < -0.39 is 36.0 Å². The molecule has 1 unspecified atom stereocenters. The minimum Gasteiger partial charge on any atom is -0.415 e. The highest BCUT2D eigenvalue weighted by Crippen LogP contribution is 2.37. The Morgan fingerprint density at radius 1 is 1.47 bits per heavy atom. The molecule has 0 fully saturated rings. The number of rotatable bonds is 4. The quantitative estimate of drug-likeness (QED) is 0.585. The fourth-order valence-corrected chi connectivity index (χ4v) is 1.59. The summed E-state index contributed by atoms with van der Waals surface area (Å²) in [7, 11) is 0. The average Bonchev–Trinajstić information content (AvgIpc) is 2.58. The Balaban J connectivity index is 3.21. The van der Waals surface area contributed by atoms with Gasteiger partial charge in [0, 0.05) is 0 Å². The first-order valence-corrected chi connectivity index (χ1v) is 5.20. The molecular weight excluding hydrogens is 295 g/mol. The second-order valence-corrected chi connectivity index (χ2v) is 3.86. The second kappa shape index (κ2) is 5.55. The van der Waals surface area contributed by atoms with Crippen LogP contribution in [0.1, 0.15) is 24.2 Å². The molecule has 19 heavy (non-hydrogen) atoms. The van der Waals surface area contributed by atoms with E-state index in [0.29, 0.717) is 0 Å². The summed E-state index contributed by atoms with van der Waals surface area (Å²) in [6.07, 6.45) is -4.81. The van der Waals surface area contributed by atoms with E-state index in [4.69, 9.17) is 5.73 Å². The van der Waals surface area contributed by atoms with Gasteiger partial charge in [0.25, 0.3) is 0 Å². The third-order valence-corrected chi connectivity index (χ3v) is 2.16. The molecule has 1 aromatic rings. The Labute approximate surface area is 109 Å². The minimum absolute atomic E-state index is 0.287. The van der Waals surface area contributed by atoms with Crippen LogP contribution in [0.25, 0.3) is 0 Å². The highest BCUT2D eigenvalue weighted by molar-refractivity contribution is 7.80. The number of halogens is 5. The van der Waals surface area contributed by atoms with Crippen molar-refractivity contribution in [2.75, 3.05) is 0 Å². The number of thiocarbonyl (C=S) groups is 1. The van der Waals surface area contributed by atoms with E-state index in [0.717, 1.165) is 0 Å². The molecule has 1 atom stereocenters. The van der Waals surface area contributed by atoms with E-state index in [1.165, 1.54) is 6.92 Å². The Morgan fingerprint density at radius 2 is 2.05 bits per heavy atom. The number of alkyl halides is 5. The average molecular weight is 304 g/mol. The first-order valence-electron chi connectivity index (χ1n) is 4.79. The molecule has 1 heterocycles. The van der Waals surface area contributed by atoms with Crippen molar-refractivity contribution in [1.29, 1.82) is 0 Å². The van der Waals surface area contributed by atoms with Gasteiger partial charge in [0.15, 0.2) is 5.11 Å². The number of aromatic nitrogens is 2. The topological polar surface area (TPSA) is 76.0 Å². The first kappa shape index (κ1) is 15.4. The molecule has 5 nitrogen and oxygen atoms in total. The van der Waals surface area contributed by atoms with Gasteiger partial charge in [-0.05, 0) is 19.1 Å². The Kier molecular flexibility index (Phi) is 4.50. The summed E-state index contributed by atoms with van der Waals surface area (Å²) in [4.78, 5) is 0. The van der Waals surface area contributed by atoms with Crippen molar-refractivity contribution in [3.8, 4) is 5.88 Å². The number of aromatic amines is 1. The maximum absolute atomic E-state index is 12.7. The SMILES string of the molecule is CC(NC(N)=S)c1c(OC(F)F)n[nH]c1C(F)(F)F. The van der Waals surface area contributed by atoms with Gasteiger partial charge in [0.1, 0.15) is 5.69 Å². The van der Waals surface area contributed by atoms with Gasteiger partial charge in [0.05, 0.1) is 11.6 Å². The van der Waals surface area contributed by atoms with E-state index in [1.807, 2.05) is 0 Å². The molecule has 0 bridgehead atoms. The molecule has 0 spiro atoms. The molecule has 0 radical (unpaired) electrons. The first-order chi connectivity index (χ1) is 8.62. The van der Waals surface area contributed by atoms with Gasteiger partial charge in [0.2, 0.25) is 5.88 Å². The van der Waals surface area contributed by atoms with E-state index in [2.05, 4.69) is 27.4 Å². The van der Waals surface area contributed by atoms with Gasteiger partial charge in [-0.2, -0.15) is 22.0 Å². The van der Waals surface area contributed by atoms with E-state index in [-0.39, 0.29) is 5.11 Å². The van der Waals surface area contributed by atoms with E-state index >= 15 is 0 Å². The molecule has 0 aliphatic carbocycles. The van der Waals surface area contributed by atoms with Gasteiger partial charge in [-0.25, -0.2) is 0 Å². The zero-order valence-corrected chi connectivity index (χ0v) is 10.2. The number of H-pyrrole nitrogens is 1. The minimum atomic E-state index is -4.81. The lowest BCUT2D eigenvalue weighted by atomic mass is 10.1. The Morgan fingerprint density at radius 3 is 2.47 bits per heavy atom. The van der Waals surface area contributed by atoms with Crippen molar-refractivity contribution in [3.63, 3.8) is 0 Å². The maximum Gasteiger partial charge on any atom is 0.433 e. The fraction of sp³-hybridized carbons (Fsp3) is 0.500. The van der Waals surface area contributed by atoms with Gasteiger partial charge in [-0.1, -0.05) is 0 Å². The molecule has 0 amide bonds. The number of hydrogen-bond donors (Lipinski definition) is 3. The Hall–Kier alpha value is -1.65. The van der Waals surface area contributed by atoms with Crippen molar-refractivity contribution in [2.24, 2.45) is 5.73 Å². The summed E-state index contributed by atoms with van der Waals surface area (Å²) in [5.41, 5.74) is 3.20. The molecule has 11 heteroatoms. The van der Waals surface area contributed by atoms with E-state index in [9.17, 15) is 22.0 Å². The van der Waals surface area contributed by atoms with Crippen LogP contribution in [-0.4, -0.2) is 21.9 Å². The van der Waals surface area contributed by atoms with Crippen molar-refractivity contribution >= 4 is 17.3 Å². The van der Waals surface area contributed by atoms with Crippen LogP contribution in [0.15, 0.2) is 0 Å². The zero-order chi connectivity index (χ0) is 14.8. The summed E-state index contributed by atoms with van der Waals surface area (Å²) >= 11 is 4.48. The number of nitrogens with zero attached hydrogens (tertiary/aromatic N) is 1. The van der Waals surface area contributed by atoms with Crippen molar-refractivity contribution in [2.45, 2.75) is 25.8 Å². The highest BCUT2D eigenvalue weighted by atomic mass is 32.1. The van der Waals surface area contributed by atoms with Crippen LogP contribution < -0.4 is 15.8 Å². The summed E-state index contributed by atoms with van der Waals surface area (Å²) < 4.78 is 66.2.